The van der Waals surface area contributed by atoms with Gasteiger partial charge in [0.1, 0.15) is 11.8 Å². The Morgan fingerprint density at radius 1 is 1.35 bits per heavy atom. The quantitative estimate of drug-likeness (QED) is 0.690. The molecule has 1 aromatic carbocycles. The van der Waals surface area contributed by atoms with E-state index in [0.29, 0.717) is 13.0 Å². The summed E-state index contributed by atoms with van der Waals surface area (Å²) >= 11 is 1.65. The summed E-state index contributed by atoms with van der Waals surface area (Å²) in [6.45, 7) is 0.622. The molecular weight excluding hydrogens is 238 g/mol. The predicted octanol–water partition coefficient (Wildman–Crippen LogP) is 1.60. The van der Waals surface area contributed by atoms with Gasteiger partial charge in [0, 0.05) is 5.75 Å². The topological polar surface area (TPSA) is 72.5 Å². The van der Waals surface area contributed by atoms with Crippen LogP contribution >= 0.6 is 11.8 Å². The third-order valence-electron chi connectivity index (χ3n) is 2.13. The highest BCUT2D eigenvalue weighted by molar-refractivity contribution is 7.99. The molecule has 0 aliphatic rings. The van der Waals surface area contributed by atoms with Crippen LogP contribution in [0.2, 0.25) is 0 Å². The first kappa shape index (κ1) is 13.9. The van der Waals surface area contributed by atoms with Gasteiger partial charge in [0.25, 0.3) is 0 Å². The van der Waals surface area contributed by atoms with E-state index in [-0.39, 0.29) is 0 Å². The van der Waals surface area contributed by atoms with Crippen molar-refractivity contribution < 1.29 is 14.6 Å². The molecule has 0 fully saturated rings. The summed E-state index contributed by atoms with van der Waals surface area (Å²) in [5.41, 5.74) is 5.38. The third kappa shape index (κ3) is 6.19. The molecule has 0 aliphatic carbocycles. The number of carboxylic acid groups (broad SMARTS) is 1. The van der Waals surface area contributed by atoms with Crippen molar-refractivity contribution in [2.45, 2.75) is 12.5 Å². The van der Waals surface area contributed by atoms with Gasteiger partial charge in [-0.15, -0.1) is 0 Å². The molecule has 0 saturated heterocycles. The van der Waals surface area contributed by atoms with Gasteiger partial charge in [-0.3, -0.25) is 4.79 Å². The van der Waals surface area contributed by atoms with Crippen LogP contribution in [-0.2, 0) is 4.79 Å². The Hall–Kier alpha value is -1.20. The van der Waals surface area contributed by atoms with Gasteiger partial charge in [0.15, 0.2) is 0 Å². The minimum Gasteiger partial charge on any atom is -0.493 e. The van der Waals surface area contributed by atoms with Crippen LogP contribution in [0, 0.1) is 0 Å². The number of hydrogen-bond donors (Lipinski definition) is 2. The van der Waals surface area contributed by atoms with E-state index < -0.39 is 12.0 Å². The molecule has 0 amide bonds. The second kappa shape index (κ2) is 7.97. The highest BCUT2D eigenvalue weighted by Crippen LogP contribution is 2.10. The minimum absolute atomic E-state index is 0.491. The molecule has 0 spiro atoms. The van der Waals surface area contributed by atoms with Gasteiger partial charge in [0.05, 0.1) is 6.61 Å². The fraction of sp³-hybridized carbons (Fsp3) is 0.417. The van der Waals surface area contributed by atoms with Crippen LogP contribution in [0.15, 0.2) is 30.3 Å². The molecule has 0 saturated carbocycles. The van der Waals surface area contributed by atoms with E-state index in [2.05, 4.69) is 0 Å². The Morgan fingerprint density at radius 3 is 2.71 bits per heavy atom. The third-order valence-corrected chi connectivity index (χ3v) is 3.11. The van der Waals surface area contributed by atoms with Crippen molar-refractivity contribution in [1.29, 1.82) is 0 Å². The average molecular weight is 255 g/mol. The lowest BCUT2D eigenvalue weighted by atomic mass is 10.2. The van der Waals surface area contributed by atoms with Gasteiger partial charge in [-0.1, -0.05) is 18.2 Å². The van der Waals surface area contributed by atoms with Crippen molar-refractivity contribution in [3.8, 4) is 5.75 Å². The van der Waals surface area contributed by atoms with Crippen LogP contribution in [0.1, 0.15) is 6.42 Å². The Morgan fingerprint density at radius 2 is 2.06 bits per heavy atom. The first-order valence-electron chi connectivity index (χ1n) is 5.44. The molecule has 4 nitrogen and oxygen atoms in total. The number of rotatable bonds is 8. The van der Waals surface area contributed by atoms with E-state index in [1.807, 2.05) is 30.3 Å². The molecule has 1 unspecified atom stereocenters. The molecule has 94 valence electrons. The fourth-order valence-corrected chi connectivity index (χ4v) is 2.00. The maximum Gasteiger partial charge on any atom is 0.320 e. The molecule has 17 heavy (non-hydrogen) atoms. The second-order valence-electron chi connectivity index (χ2n) is 3.51. The summed E-state index contributed by atoms with van der Waals surface area (Å²) in [6.07, 6.45) is 0.491. The van der Waals surface area contributed by atoms with Crippen molar-refractivity contribution in [2.24, 2.45) is 5.73 Å². The van der Waals surface area contributed by atoms with Crippen LogP contribution in [-0.4, -0.2) is 35.2 Å². The maximum atomic E-state index is 10.4. The summed E-state index contributed by atoms with van der Waals surface area (Å²) in [4.78, 5) is 10.4. The van der Waals surface area contributed by atoms with Gasteiger partial charge in [-0.2, -0.15) is 11.8 Å². The first-order chi connectivity index (χ1) is 8.20. The highest BCUT2D eigenvalue weighted by Gasteiger charge is 2.09. The highest BCUT2D eigenvalue weighted by atomic mass is 32.2. The molecule has 0 aliphatic heterocycles. The van der Waals surface area contributed by atoms with Gasteiger partial charge in [-0.05, 0) is 24.3 Å². The average Bonchev–Trinajstić information content (AvgIpc) is 2.34. The zero-order valence-electron chi connectivity index (χ0n) is 9.54. The SMILES string of the molecule is NC(CCSCCOc1ccccc1)C(=O)O. The Labute approximate surface area is 105 Å². The van der Waals surface area contributed by atoms with Crippen LogP contribution in [0.3, 0.4) is 0 Å². The number of ether oxygens (including phenoxy) is 1. The lowest BCUT2D eigenvalue weighted by molar-refractivity contribution is -0.138. The Bertz CT molecular complexity index is 332. The normalized spacial score (nSPS) is 12.1. The number of hydrogen-bond acceptors (Lipinski definition) is 4. The van der Waals surface area contributed by atoms with E-state index in [9.17, 15) is 4.79 Å². The number of thioether (sulfide) groups is 1. The molecule has 1 atom stereocenters. The van der Waals surface area contributed by atoms with E-state index in [4.69, 9.17) is 15.6 Å². The predicted molar refractivity (Wildman–Crippen MR) is 69.5 cm³/mol. The number of benzene rings is 1. The maximum absolute atomic E-state index is 10.4. The van der Waals surface area contributed by atoms with E-state index in [1.165, 1.54) is 0 Å². The van der Waals surface area contributed by atoms with Gasteiger partial charge >= 0.3 is 5.97 Å². The summed E-state index contributed by atoms with van der Waals surface area (Å²) in [7, 11) is 0. The fourth-order valence-electron chi connectivity index (χ4n) is 1.17. The lowest BCUT2D eigenvalue weighted by Gasteiger charge is -2.07. The van der Waals surface area contributed by atoms with Crippen molar-refractivity contribution in [3.63, 3.8) is 0 Å². The molecule has 1 aromatic rings. The number of carbonyl (C=O) groups is 1. The zero-order chi connectivity index (χ0) is 12.5. The Kier molecular flexibility index (Phi) is 6.50. The molecule has 0 bridgehead atoms. The molecular formula is C12H17NO3S. The summed E-state index contributed by atoms with van der Waals surface area (Å²) in [5, 5.41) is 8.57. The van der Waals surface area contributed by atoms with Gasteiger partial charge < -0.3 is 15.6 Å². The molecule has 3 N–H and O–H groups in total. The van der Waals surface area contributed by atoms with Gasteiger partial charge in [0.2, 0.25) is 0 Å². The van der Waals surface area contributed by atoms with Crippen molar-refractivity contribution in [2.75, 3.05) is 18.1 Å². The molecule has 0 aromatic heterocycles. The van der Waals surface area contributed by atoms with Gasteiger partial charge in [-0.25, -0.2) is 0 Å². The number of nitrogens with two attached hydrogens (primary N) is 1. The minimum atomic E-state index is -0.939. The van der Waals surface area contributed by atoms with E-state index >= 15 is 0 Å². The zero-order valence-corrected chi connectivity index (χ0v) is 10.4. The van der Waals surface area contributed by atoms with Crippen molar-refractivity contribution >= 4 is 17.7 Å². The van der Waals surface area contributed by atoms with Crippen molar-refractivity contribution in [3.05, 3.63) is 30.3 Å². The summed E-state index contributed by atoms with van der Waals surface area (Å²) in [5.74, 6) is 1.49. The lowest BCUT2D eigenvalue weighted by Crippen LogP contribution is -2.30. The standard InChI is InChI=1S/C12H17NO3S/c13-11(12(14)15)6-8-17-9-7-16-10-4-2-1-3-5-10/h1-5,11H,6-9,13H2,(H,14,15). The Balaban J connectivity index is 2.00. The van der Waals surface area contributed by atoms with Crippen LogP contribution < -0.4 is 10.5 Å². The summed E-state index contributed by atoms with van der Waals surface area (Å²) in [6, 6.07) is 8.85. The van der Waals surface area contributed by atoms with Crippen LogP contribution in [0.5, 0.6) is 5.75 Å². The monoisotopic (exact) mass is 255 g/mol. The first-order valence-corrected chi connectivity index (χ1v) is 6.59. The number of aliphatic carboxylic acids is 1. The molecule has 1 rings (SSSR count). The van der Waals surface area contributed by atoms with Crippen LogP contribution in [0.4, 0.5) is 0 Å². The number of carboxylic acids is 1. The summed E-state index contributed by atoms with van der Waals surface area (Å²) < 4.78 is 5.49. The number of para-hydroxylation sites is 1. The second-order valence-corrected chi connectivity index (χ2v) is 4.73. The molecule has 5 heteroatoms. The molecule has 0 radical (unpaired) electrons. The van der Waals surface area contributed by atoms with E-state index in [1.54, 1.807) is 11.8 Å². The largest absolute Gasteiger partial charge is 0.493 e. The molecule has 0 heterocycles. The smallest absolute Gasteiger partial charge is 0.320 e. The van der Waals surface area contributed by atoms with Crippen LogP contribution in [0.25, 0.3) is 0 Å². The van der Waals surface area contributed by atoms with Crippen molar-refractivity contribution in [1.82, 2.24) is 0 Å². The van der Waals surface area contributed by atoms with E-state index in [0.717, 1.165) is 17.3 Å².